The highest BCUT2D eigenvalue weighted by Gasteiger charge is 2.69. The van der Waals surface area contributed by atoms with Crippen LogP contribution >= 0.6 is 0 Å². The lowest BCUT2D eigenvalue weighted by molar-refractivity contribution is -0.225. The van der Waals surface area contributed by atoms with Gasteiger partial charge in [-0.25, -0.2) is 0 Å². The first-order valence-corrected chi connectivity index (χ1v) is 14.7. The fourth-order valence-corrected chi connectivity index (χ4v) is 10.7. The molecule has 0 saturated heterocycles. The number of esters is 1. The first-order chi connectivity index (χ1) is 16.5. The van der Waals surface area contributed by atoms with Gasteiger partial charge in [0, 0.05) is 6.92 Å². The lowest BCUT2D eigenvalue weighted by atomic mass is 9.35. The summed E-state index contributed by atoms with van der Waals surface area (Å²) in [4.78, 5) is 11.6. The van der Waals surface area contributed by atoms with Gasteiger partial charge in [-0.2, -0.15) is 0 Å². The van der Waals surface area contributed by atoms with E-state index >= 15 is 0 Å². The number of ether oxygens (including phenoxy) is 1. The van der Waals surface area contributed by atoms with E-state index in [4.69, 9.17) is 4.74 Å². The van der Waals surface area contributed by atoms with Crippen molar-refractivity contribution in [3.63, 3.8) is 0 Å². The van der Waals surface area contributed by atoms with E-state index in [0.717, 1.165) is 24.8 Å². The fraction of sp³-hybridized carbons (Fsp3) is 0.906. The molecule has 206 valence electrons. The molecule has 4 rings (SSSR count). The summed E-state index contributed by atoms with van der Waals surface area (Å²) in [6.07, 6.45) is 9.95. The number of carbonyl (C=O) groups is 1. The third-order valence-corrected chi connectivity index (χ3v) is 12.9. The first-order valence-electron chi connectivity index (χ1n) is 14.7. The molecule has 4 fully saturated rings. The van der Waals surface area contributed by atoms with Gasteiger partial charge in [0.2, 0.25) is 0 Å². The molecule has 0 radical (unpaired) electrons. The van der Waals surface area contributed by atoms with Crippen LogP contribution in [0.2, 0.25) is 0 Å². The average Bonchev–Trinajstić information content (AvgIpc) is 3.13. The number of aliphatic hydroxyl groups is 2. The average molecular weight is 503 g/mol. The molecule has 1 unspecified atom stereocenters. The van der Waals surface area contributed by atoms with Gasteiger partial charge in [-0.05, 0) is 129 Å². The molecular weight excluding hydrogens is 448 g/mol. The van der Waals surface area contributed by atoms with Crippen LogP contribution in [-0.4, -0.2) is 34.0 Å². The maximum atomic E-state index is 11.9. The highest BCUT2D eigenvalue weighted by atomic mass is 16.5. The maximum absolute atomic E-state index is 11.9. The van der Waals surface area contributed by atoms with Gasteiger partial charge >= 0.3 is 5.97 Å². The Bertz CT molecular complexity index is 875. The van der Waals surface area contributed by atoms with Crippen LogP contribution in [0.15, 0.2) is 12.2 Å². The maximum Gasteiger partial charge on any atom is 0.303 e. The lowest BCUT2D eigenvalue weighted by Gasteiger charge is -2.70. The topological polar surface area (TPSA) is 66.8 Å². The van der Waals surface area contributed by atoms with Crippen molar-refractivity contribution >= 4 is 5.97 Å². The van der Waals surface area contributed by atoms with E-state index in [0.29, 0.717) is 30.6 Å². The van der Waals surface area contributed by atoms with Crippen LogP contribution in [0.4, 0.5) is 0 Å². The SMILES string of the molecule is C=C(C)C(CC[C@](C)(O)[C@H]1CC[C@]2(C)[C@@H]1CC[C@@H]1[C@@]3(C)CC[C@@H](O)C(C)(C)[C@@H]3CC[C@]12C)OC(C)=O. The molecule has 0 spiro atoms. The number of rotatable bonds is 6. The first kappa shape index (κ1) is 28.1. The minimum atomic E-state index is -0.780. The van der Waals surface area contributed by atoms with Crippen LogP contribution in [-0.2, 0) is 9.53 Å². The van der Waals surface area contributed by atoms with E-state index in [-0.39, 0.29) is 45.8 Å². The molecule has 0 aromatic heterocycles. The fourth-order valence-electron chi connectivity index (χ4n) is 10.7. The van der Waals surface area contributed by atoms with E-state index in [1.54, 1.807) is 0 Å². The predicted octanol–water partition coefficient (Wildman–Crippen LogP) is 7.07. The van der Waals surface area contributed by atoms with E-state index in [1.165, 1.54) is 39.0 Å². The van der Waals surface area contributed by atoms with Gasteiger partial charge in [0.05, 0.1) is 11.7 Å². The van der Waals surface area contributed by atoms with Gasteiger partial charge in [0.15, 0.2) is 0 Å². The normalized spacial score (nSPS) is 46.0. The van der Waals surface area contributed by atoms with Crippen LogP contribution in [0.3, 0.4) is 0 Å². The van der Waals surface area contributed by atoms with Crippen LogP contribution in [0.5, 0.6) is 0 Å². The Morgan fingerprint density at radius 3 is 2.22 bits per heavy atom. The molecule has 10 atom stereocenters. The largest absolute Gasteiger partial charge is 0.458 e. The summed E-state index contributed by atoms with van der Waals surface area (Å²) < 4.78 is 5.50. The van der Waals surface area contributed by atoms with E-state index in [9.17, 15) is 15.0 Å². The van der Waals surface area contributed by atoms with Gasteiger partial charge < -0.3 is 14.9 Å². The summed E-state index contributed by atoms with van der Waals surface area (Å²) >= 11 is 0. The number of fused-ring (bicyclic) bond motifs is 5. The Morgan fingerprint density at radius 1 is 0.972 bits per heavy atom. The summed E-state index contributed by atoms with van der Waals surface area (Å²) in [5, 5.41) is 22.7. The Balaban J connectivity index is 1.56. The van der Waals surface area contributed by atoms with Gasteiger partial charge in [0.1, 0.15) is 6.10 Å². The Kier molecular flexibility index (Phi) is 7.12. The summed E-state index contributed by atoms with van der Waals surface area (Å²) in [5.74, 6) is 1.77. The van der Waals surface area contributed by atoms with Crippen molar-refractivity contribution in [3.8, 4) is 0 Å². The number of hydrogen-bond acceptors (Lipinski definition) is 4. The smallest absolute Gasteiger partial charge is 0.303 e. The highest BCUT2D eigenvalue weighted by molar-refractivity contribution is 5.66. The highest BCUT2D eigenvalue weighted by Crippen LogP contribution is 2.75. The minimum Gasteiger partial charge on any atom is -0.458 e. The van der Waals surface area contributed by atoms with Crippen LogP contribution in [0.1, 0.15) is 120 Å². The Labute approximate surface area is 220 Å². The summed E-state index contributed by atoms with van der Waals surface area (Å²) in [6.45, 7) is 21.7. The third-order valence-electron chi connectivity index (χ3n) is 12.9. The molecular formula is C32H54O4. The van der Waals surface area contributed by atoms with Crippen LogP contribution < -0.4 is 0 Å². The summed E-state index contributed by atoms with van der Waals surface area (Å²) in [5.41, 5.74) is 0.817. The second kappa shape index (κ2) is 9.11. The van der Waals surface area contributed by atoms with Gasteiger partial charge in [-0.3, -0.25) is 4.79 Å². The molecule has 4 aliphatic carbocycles. The second-order valence-electron chi connectivity index (χ2n) is 15.0. The zero-order valence-corrected chi connectivity index (χ0v) is 24.5. The Hall–Kier alpha value is -0.870. The number of aliphatic hydroxyl groups excluding tert-OH is 1. The lowest BCUT2D eigenvalue weighted by Crippen LogP contribution is -2.64. The predicted molar refractivity (Wildman–Crippen MR) is 145 cm³/mol. The standard InChI is InChI=1S/C32H54O4/c1-20(2)24(36-21(3)33)13-19-32(9,35)23-12-17-30(7)22(23)10-11-26-29(6)16-15-27(34)28(4,5)25(29)14-18-31(26,30)8/h22-27,34-35H,1,10-19H2,2-9H3/t22-,23+,24?,25+,26-,27-,29+,30-,31-,32+/m1/s1. The molecule has 2 N–H and O–H groups in total. The van der Waals surface area contributed by atoms with E-state index < -0.39 is 5.60 Å². The number of hydrogen-bond donors (Lipinski definition) is 2. The zero-order chi connectivity index (χ0) is 26.9. The molecule has 0 aliphatic heterocycles. The van der Waals surface area contributed by atoms with E-state index in [1.807, 2.05) is 13.8 Å². The molecule has 4 aliphatic rings. The van der Waals surface area contributed by atoms with Crippen molar-refractivity contribution in [1.29, 1.82) is 0 Å². The molecule has 0 heterocycles. The van der Waals surface area contributed by atoms with Crippen molar-refractivity contribution in [3.05, 3.63) is 12.2 Å². The van der Waals surface area contributed by atoms with Gasteiger partial charge in [-0.15, -0.1) is 0 Å². The second-order valence-corrected chi connectivity index (χ2v) is 15.0. The molecule has 4 saturated carbocycles. The molecule has 4 heteroatoms. The van der Waals surface area contributed by atoms with Crippen molar-refractivity contribution in [1.82, 2.24) is 0 Å². The zero-order valence-electron chi connectivity index (χ0n) is 24.5. The minimum absolute atomic E-state index is 0.0181. The molecule has 36 heavy (non-hydrogen) atoms. The van der Waals surface area contributed by atoms with Crippen LogP contribution in [0, 0.1) is 45.3 Å². The molecule has 0 amide bonds. The van der Waals surface area contributed by atoms with Crippen molar-refractivity contribution < 1.29 is 19.7 Å². The van der Waals surface area contributed by atoms with Gasteiger partial charge in [0.25, 0.3) is 0 Å². The molecule has 4 nitrogen and oxygen atoms in total. The van der Waals surface area contributed by atoms with Crippen LogP contribution in [0.25, 0.3) is 0 Å². The summed E-state index contributed by atoms with van der Waals surface area (Å²) in [7, 11) is 0. The quantitative estimate of drug-likeness (QED) is 0.301. The number of carbonyl (C=O) groups excluding carboxylic acids is 1. The monoisotopic (exact) mass is 502 g/mol. The van der Waals surface area contributed by atoms with Gasteiger partial charge in [-0.1, -0.05) is 41.2 Å². The van der Waals surface area contributed by atoms with Crippen molar-refractivity contribution in [2.45, 2.75) is 137 Å². The third kappa shape index (κ3) is 4.12. The molecule has 0 aromatic carbocycles. The molecule has 0 aromatic rings. The Morgan fingerprint density at radius 2 is 1.61 bits per heavy atom. The van der Waals surface area contributed by atoms with E-state index in [2.05, 4.69) is 41.2 Å². The molecule has 0 bridgehead atoms. The summed E-state index contributed by atoms with van der Waals surface area (Å²) in [6, 6.07) is 0. The van der Waals surface area contributed by atoms with Crippen molar-refractivity contribution in [2.75, 3.05) is 0 Å². The van der Waals surface area contributed by atoms with Crippen molar-refractivity contribution in [2.24, 2.45) is 45.3 Å².